The zero-order valence-corrected chi connectivity index (χ0v) is 14.8. The largest absolute Gasteiger partial charge is 0.497 e. The van der Waals surface area contributed by atoms with Crippen molar-refractivity contribution in [3.8, 4) is 11.8 Å². The second-order valence-corrected chi connectivity index (χ2v) is 6.35. The number of rotatable bonds is 4. The Morgan fingerprint density at radius 2 is 2.08 bits per heavy atom. The van der Waals surface area contributed by atoms with Crippen molar-refractivity contribution in [1.29, 1.82) is 5.26 Å². The Hall–Kier alpha value is -2.72. The van der Waals surface area contributed by atoms with E-state index in [0.29, 0.717) is 40.7 Å². The normalized spacial score (nSPS) is 12.7. The third-order valence-electron chi connectivity index (χ3n) is 4.17. The van der Waals surface area contributed by atoms with Gasteiger partial charge < -0.3 is 10.1 Å². The van der Waals surface area contributed by atoms with E-state index in [1.165, 1.54) is 16.3 Å². The Labute approximate surface area is 149 Å². The maximum atomic E-state index is 13.2. The molecule has 0 atom stereocenters. The minimum Gasteiger partial charge on any atom is -0.497 e. The maximum Gasteiger partial charge on any atom is 0.271 e. The van der Waals surface area contributed by atoms with E-state index in [0.717, 1.165) is 6.42 Å². The van der Waals surface area contributed by atoms with Gasteiger partial charge in [0.15, 0.2) is 5.78 Å². The highest BCUT2D eigenvalue weighted by atomic mass is 32.2. The minimum atomic E-state index is -0.347. The van der Waals surface area contributed by atoms with E-state index in [4.69, 9.17) is 4.74 Å². The van der Waals surface area contributed by atoms with Gasteiger partial charge in [-0.2, -0.15) is 5.26 Å². The van der Waals surface area contributed by atoms with Crippen LogP contribution in [0.5, 0.6) is 5.75 Å². The predicted molar refractivity (Wildman–Crippen MR) is 96.7 cm³/mol. The first-order chi connectivity index (χ1) is 12.1. The van der Waals surface area contributed by atoms with Crippen molar-refractivity contribution < 1.29 is 9.53 Å². The molecule has 0 radical (unpaired) electrons. The molecule has 7 heteroatoms. The summed E-state index contributed by atoms with van der Waals surface area (Å²) in [5.41, 5.74) is 0.541. The zero-order chi connectivity index (χ0) is 18.0. The molecule has 3 rings (SSSR count). The average Bonchev–Trinajstić information content (AvgIpc) is 2.67. The van der Waals surface area contributed by atoms with E-state index in [1.54, 1.807) is 37.6 Å². The van der Waals surface area contributed by atoms with Crippen LogP contribution >= 0.6 is 11.8 Å². The van der Waals surface area contributed by atoms with Crippen LogP contribution in [0.4, 0.5) is 5.82 Å². The summed E-state index contributed by atoms with van der Waals surface area (Å²) in [7, 11) is 1.56. The smallest absolute Gasteiger partial charge is 0.271 e. The fourth-order valence-corrected chi connectivity index (χ4v) is 3.67. The summed E-state index contributed by atoms with van der Waals surface area (Å²) in [6, 6.07) is 8.77. The molecule has 0 aliphatic carbocycles. The van der Waals surface area contributed by atoms with Crippen LogP contribution in [0.1, 0.15) is 27.9 Å². The number of nitrogens with zero attached hydrogens (tertiary/aromatic N) is 2. The standard InChI is InChI=1S/C18H17N3O3S/c1-24-12-6-4-11(5-7-12)15(22)14-16(25-2)13(10-19)18(23)21-9-3-8-20-17(14)21/h4-7,20H,3,8-9H2,1-2H3. The van der Waals surface area contributed by atoms with Gasteiger partial charge in [-0.15, -0.1) is 11.8 Å². The van der Waals surface area contributed by atoms with Crippen LogP contribution < -0.4 is 15.6 Å². The molecule has 0 saturated carbocycles. The molecule has 0 amide bonds. The van der Waals surface area contributed by atoms with Gasteiger partial charge in [0, 0.05) is 23.5 Å². The van der Waals surface area contributed by atoms with Crippen molar-refractivity contribution in [1.82, 2.24) is 4.57 Å². The van der Waals surface area contributed by atoms with Crippen molar-refractivity contribution in [3.05, 3.63) is 51.3 Å². The first kappa shape index (κ1) is 17.1. The molecule has 0 unspecified atom stereocenters. The Balaban J connectivity index is 2.24. The van der Waals surface area contributed by atoms with Gasteiger partial charge in [-0.05, 0) is 36.9 Å². The van der Waals surface area contributed by atoms with Crippen molar-refractivity contribution in [2.75, 3.05) is 25.2 Å². The number of ketones is 1. The zero-order valence-electron chi connectivity index (χ0n) is 14.0. The number of hydrogen-bond acceptors (Lipinski definition) is 6. The number of thioether (sulfide) groups is 1. The number of ether oxygens (including phenoxy) is 1. The van der Waals surface area contributed by atoms with E-state index in [2.05, 4.69) is 5.32 Å². The number of fused-ring (bicyclic) bond motifs is 1. The number of benzene rings is 1. The lowest BCUT2D eigenvalue weighted by molar-refractivity contribution is 0.103. The van der Waals surface area contributed by atoms with E-state index in [-0.39, 0.29) is 16.9 Å². The van der Waals surface area contributed by atoms with Gasteiger partial charge in [0.2, 0.25) is 0 Å². The Morgan fingerprint density at radius 1 is 1.36 bits per heavy atom. The SMILES string of the molecule is COc1ccc(C(=O)c2c(SC)c(C#N)c(=O)n3c2NCCC3)cc1. The highest BCUT2D eigenvalue weighted by Gasteiger charge is 2.28. The summed E-state index contributed by atoms with van der Waals surface area (Å²) >= 11 is 1.24. The quantitative estimate of drug-likeness (QED) is 0.670. The average molecular weight is 355 g/mol. The monoisotopic (exact) mass is 355 g/mol. The molecule has 6 nitrogen and oxygen atoms in total. The lowest BCUT2D eigenvalue weighted by Gasteiger charge is -2.24. The second kappa shape index (κ2) is 7.03. The summed E-state index contributed by atoms with van der Waals surface area (Å²) in [4.78, 5) is 26.2. The van der Waals surface area contributed by atoms with Gasteiger partial charge in [0.25, 0.3) is 5.56 Å². The molecule has 2 aromatic rings. The summed E-state index contributed by atoms with van der Waals surface area (Å²) in [5, 5.41) is 12.6. The predicted octanol–water partition coefficient (Wildman–Crippen LogP) is 2.50. The molecule has 25 heavy (non-hydrogen) atoms. The summed E-state index contributed by atoms with van der Waals surface area (Å²) < 4.78 is 6.62. The van der Waals surface area contributed by atoms with E-state index in [1.807, 2.05) is 6.07 Å². The molecule has 1 aliphatic rings. The van der Waals surface area contributed by atoms with Gasteiger partial charge in [-0.1, -0.05) is 0 Å². The molecular weight excluding hydrogens is 338 g/mol. The fourth-order valence-electron chi connectivity index (χ4n) is 2.94. The first-order valence-corrected chi connectivity index (χ1v) is 9.02. The summed E-state index contributed by atoms with van der Waals surface area (Å²) in [6.07, 6.45) is 2.53. The fraction of sp³-hybridized carbons (Fsp3) is 0.278. The second-order valence-electron chi connectivity index (χ2n) is 5.54. The van der Waals surface area contributed by atoms with E-state index < -0.39 is 0 Å². The number of nitrogens with one attached hydrogen (secondary N) is 1. The van der Waals surface area contributed by atoms with Crippen LogP contribution in [-0.4, -0.2) is 30.3 Å². The van der Waals surface area contributed by atoms with Gasteiger partial charge >= 0.3 is 0 Å². The van der Waals surface area contributed by atoms with Crippen molar-refractivity contribution in [2.45, 2.75) is 17.9 Å². The van der Waals surface area contributed by atoms with Gasteiger partial charge in [0.1, 0.15) is 23.2 Å². The minimum absolute atomic E-state index is 0.0248. The highest BCUT2D eigenvalue weighted by molar-refractivity contribution is 7.98. The van der Waals surface area contributed by atoms with Gasteiger partial charge in [-0.25, -0.2) is 0 Å². The number of pyridine rings is 1. The molecule has 0 saturated heterocycles. The van der Waals surface area contributed by atoms with Gasteiger partial charge in [0.05, 0.1) is 12.7 Å². The number of nitriles is 1. The van der Waals surface area contributed by atoms with Crippen LogP contribution in [0.15, 0.2) is 34.0 Å². The number of aromatic nitrogens is 1. The van der Waals surface area contributed by atoms with Crippen molar-refractivity contribution >= 4 is 23.4 Å². The van der Waals surface area contributed by atoms with Gasteiger partial charge in [-0.3, -0.25) is 14.2 Å². The molecule has 1 aromatic carbocycles. The van der Waals surface area contributed by atoms with E-state index >= 15 is 0 Å². The topological polar surface area (TPSA) is 84.1 Å². The third-order valence-corrected chi connectivity index (χ3v) is 4.98. The molecule has 0 fully saturated rings. The Morgan fingerprint density at radius 3 is 2.68 bits per heavy atom. The molecular formula is C18H17N3O3S. The van der Waals surface area contributed by atoms with Crippen LogP contribution in [-0.2, 0) is 6.54 Å². The third kappa shape index (κ3) is 2.89. The van der Waals surface area contributed by atoms with Crippen molar-refractivity contribution in [2.24, 2.45) is 0 Å². The molecule has 128 valence electrons. The Kier molecular flexibility index (Phi) is 4.81. The van der Waals surface area contributed by atoms with Crippen molar-refractivity contribution in [3.63, 3.8) is 0 Å². The number of hydrogen-bond donors (Lipinski definition) is 1. The maximum absolute atomic E-state index is 13.2. The van der Waals surface area contributed by atoms with Crippen LogP contribution in [0.3, 0.4) is 0 Å². The lowest BCUT2D eigenvalue weighted by atomic mass is 10.0. The summed E-state index contributed by atoms with van der Waals surface area (Å²) in [6.45, 7) is 1.18. The van der Waals surface area contributed by atoms with Crippen LogP contribution in [0, 0.1) is 11.3 Å². The molecule has 1 aromatic heterocycles. The molecule has 1 N–H and O–H groups in total. The van der Waals surface area contributed by atoms with E-state index in [9.17, 15) is 14.9 Å². The number of carbonyl (C=O) groups is 1. The number of carbonyl (C=O) groups excluding carboxylic acids is 1. The summed E-state index contributed by atoms with van der Waals surface area (Å²) in [5.74, 6) is 0.936. The molecule has 2 heterocycles. The molecule has 0 spiro atoms. The van der Waals surface area contributed by atoms with Crippen LogP contribution in [0.25, 0.3) is 0 Å². The number of methoxy groups -OCH3 is 1. The first-order valence-electron chi connectivity index (χ1n) is 7.79. The lowest BCUT2D eigenvalue weighted by Crippen LogP contribution is -2.33. The molecule has 0 bridgehead atoms. The Bertz CT molecular complexity index is 927. The molecule has 1 aliphatic heterocycles. The van der Waals surface area contributed by atoms with Crippen LogP contribution in [0.2, 0.25) is 0 Å². The number of anilines is 1. The highest BCUT2D eigenvalue weighted by Crippen LogP contribution is 2.32.